The van der Waals surface area contributed by atoms with Crippen molar-refractivity contribution in [3.8, 4) is 0 Å². The van der Waals surface area contributed by atoms with Crippen molar-refractivity contribution in [2.75, 3.05) is 18.4 Å². The van der Waals surface area contributed by atoms with Gasteiger partial charge in [0.1, 0.15) is 0 Å². The highest BCUT2D eigenvalue weighted by Gasteiger charge is 2.44. The molecule has 2 N–H and O–H groups in total. The number of rotatable bonds is 4. The van der Waals surface area contributed by atoms with E-state index in [0.717, 1.165) is 12.0 Å². The number of amides is 4. The van der Waals surface area contributed by atoms with E-state index in [0.29, 0.717) is 18.8 Å². The molecule has 2 saturated heterocycles. The van der Waals surface area contributed by atoms with Crippen molar-refractivity contribution in [1.82, 2.24) is 24.9 Å². The fraction of sp³-hybridized carbons (Fsp3) is 0.476. The van der Waals surface area contributed by atoms with E-state index in [-0.39, 0.29) is 36.2 Å². The first-order chi connectivity index (χ1) is 13.9. The molecular formula is C21H28N6O2. The van der Waals surface area contributed by atoms with Gasteiger partial charge in [-0.15, -0.1) is 0 Å². The summed E-state index contributed by atoms with van der Waals surface area (Å²) in [4.78, 5) is 28.6. The summed E-state index contributed by atoms with van der Waals surface area (Å²) in [5, 5.41) is 10.4. The van der Waals surface area contributed by atoms with Crippen LogP contribution in [-0.2, 0) is 0 Å². The molecule has 0 bridgehead atoms. The van der Waals surface area contributed by atoms with E-state index in [1.165, 1.54) is 0 Å². The Labute approximate surface area is 170 Å². The minimum absolute atomic E-state index is 0.0229. The number of fused-ring (bicyclic) bond motifs is 1. The van der Waals surface area contributed by atoms with Crippen LogP contribution in [0.2, 0.25) is 0 Å². The lowest BCUT2D eigenvalue weighted by Gasteiger charge is -2.37. The Hall–Kier alpha value is -3.03. The number of piperidine rings is 1. The zero-order chi connectivity index (χ0) is 20.5. The number of hydrogen-bond acceptors (Lipinski definition) is 3. The molecule has 0 spiro atoms. The van der Waals surface area contributed by atoms with E-state index < -0.39 is 0 Å². The zero-order valence-corrected chi connectivity index (χ0v) is 17.1. The monoisotopic (exact) mass is 396 g/mol. The van der Waals surface area contributed by atoms with Crippen molar-refractivity contribution < 1.29 is 9.59 Å². The molecule has 3 atom stereocenters. The first-order valence-corrected chi connectivity index (χ1v) is 10.2. The predicted octanol–water partition coefficient (Wildman–Crippen LogP) is 2.90. The number of anilines is 1. The molecule has 8 nitrogen and oxygen atoms in total. The molecule has 0 saturated carbocycles. The molecule has 0 aliphatic carbocycles. The van der Waals surface area contributed by atoms with Crippen molar-refractivity contribution in [3.63, 3.8) is 0 Å². The van der Waals surface area contributed by atoms with Gasteiger partial charge in [0.25, 0.3) is 0 Å². The Bertz CT molecular complexity index is 880. The number of nitrogens with one attached hydrogen (secondary N) is 2. The fourth-order valence-electron chi connectivity index (χ4n) is 4.30. The highest BCUT2D eigenvalue weighted by molar-refractivity contribution is 5.89. The number of likely N-dealkylation sites (tertiary alicyclic amines) is 1. The predicted molar refractivity (Wildman–Crippen MR) is 111 cm³/mol. The van der Waals surface area contributed by atoms with E-state index >= 15 is 0 Å². The minimum Gasteiger partial charge on any atom is -0.331 e. The molecule has 1 aromatic heterocycles. The smallest absolute Gasteiger partial charge is 0.322 e. The molecule has 154 valence electrons. The molecule has 2 fully saturated rings. The Morgan fingerprint density at radius 3 is 2.72 bits per heavy atom. The standard InChI is InChI=1S/C21H28N6O2/c1-14(2)27-19-9-10-25(13-18(19)24-21(27)29)20(28)23-17-11-22-26(12-17)15(3)16-7-5-4-6-8-16/h4-8,11-12,14-15,18-19H,9-10,13H2,1-3H3,(H,23,28)(H,24,29)/t15?,18-,19+/m1/s1. The molecule has 4 amide bonds. The van der Waals surface area contributed by atoms with Crippen LogP contribution in [0.4, 0.5) is 15.3 Å². The Kier molecular flexibility index (Phi) is 5.17. The second kappa shape index (κ2) is 7.77. The van der Waals surface area contributed by atoms with Gasteiger partial charge in [-0.1, -0.05) is 30.3 Å². The molecule has 2 aliphatic heterocycles. The molecular weight excluding hydrogens is 368 g/mol. The van der Waals surface area contributed by atoms with Crippen LogP contribution in [0.25, 0.3) is 0 Å². The summed E-state index contributed by atoms with van der Waals surface area (Å²) in [5.74, 6) is 0. The molecule has 1 unspecified atom stereocenters. The molecule has 3 heterocycles. The number of carbonyl (C=O) groups is 2. The number of nitrogens with zero attached hydrogens (tertiary/aromatic N) is 4. The third-order valence-corrected chi connectivity index (χ3v) is 5.85. The van der Waals surface area contributed by atoms with Gasteiger partial charge in [-0.05, 0) is 32.8 Å². The van der Waals surface area contributed by atoms with E-state index in [4.69, 9.17) is 0 Å². The lowest BCUT2D eigenvalue weighted by atomic mass is 9.99. The molecule has 2 aromatic rings. The van der Waals surface area contributed by atoms with Gasteiger partial charge in [-0.25, -0.2) is 9.59 Å². The Morgan fingerprint density at radius 2 is 2.00 bits per heavy atom. The van der Waals surface area contributed by atoms with Crippen LogP contribution >= 0.6 is 0 Å². The first kappa shape index (κ1) is 19.3. The maximum Gasteiger partial charge on any atom is 0.322 e. The summed E-state index contributed by atoms with van der Waals surface area (Å²) in [6, 6.07) is 10.3. The van der Waals surface area contributed by atoms with E-state index in [9.17, 15) is 9.59 Å². The van der Waals surface area contributed by atoms with Gasteiger partial charge in [0.2, 0.25) is 0 Å². The topological polar surface area (TPSA) is 82.5 Å². The van der Waals surface area contributed by atoms with Gasteiger partial charge < -0.3 is 20.4 Å². The summed E-state index contributed by atoms with van der Waals surface area (Å²) in [5.41, 5.74) is 1.82. The maximum atomic E-state index is 12.8. The van der Waals surface area contributed by atoms with Gasteiger partial charge >= 0.3 is 12.1 Å². The van der Waals surface area contributed by atoms with Gasteiger partial charge in [-0.2, -0.15) is 5.10 Å². The molecule has 2 aliphatic rings. The average molecular weight is 396 g/mol. The van der Waals surface area contributed by atoms with Crippen molar-refractivity contribution in [1.29, 1.82) is 0 Å². The first-order valence-electron chi connectivity index (χ1n) is 10.2. The largest absolute Gasteiger partial charge is 0.331 e. The number of urea groups is 2. The van der Waals surface area contributed by atoms with E-state index in [2.05, 4.69) is 34.8 Å². The summed E-state index contributed by atoms with van der Waals surface area (Å²) < 4.78 is 1.84. The minimum atomic E-state index is -0.160. The molecule has 1 aromatic carbocycles. The van der Waals surface area contributed by atoms with Crippen LogP contribution in [-0.4, -0.2) is 62.9 Å². The van der Waals surface area contributed by atoms with Crippen LogP contribution in [0.15, 0.2) is 42.7 Å². The van der Waals surface area contributed by atoms with Gasteiger partial charge in [-0.3, -0.25) is 4.68 Å². The SMILES string of the molecule is CC(C)N1C(=O)N[C@@H]2CN(C(=O)Nc3cnn(C(C)c4ccccc4)c3)CC[C@@H]21. The molecule has 29 heavy (non-hydrogen) atoms. The summed E-state index contributed by atoms with van der Waals surface area (Å²) in [7, 11) is 0. The second-order valence-corrected chi connectivity index (χ2v) is 8.08. The lowest BCUT2D eigenvalue weighted by molar-refractivity contribution is 0.138. The second-order valence-electron chi connectivity index (χ2n) is 8.08. The third-order valence-electron chi connectivity index (χ3n) is 5.85. The quantitative estimate of drug-likeness (QED) is 0.834. The summed E-state index contributed by atoms with van der Waals surface area (Å²) in [6.07, 6.45) is 4.29. The number of carbonyl (C=O) groups excluding carboxylic acids is 2. The Balaban J connectivity index is 1.37. The van der Waals surface area contributed by atoms with Crippen LogP contribution in [0.1, 0.15) is 38.8 Å². The van der Waals surface area contributed by atoms with Crippen molar-refractivity contribution in [2.45, 2.75) is 51.4 Å². The number of hydrogen-bond donors (Lipinski definition) is 2. The van der Waals surface area contributed by atoms with Crippen molar-refractivity contribution in [3.05, 3.63) is 48.3 Å². The highest BCUT2D eigenvalue weighted by atomic mass is 16.2. The molecule has 0 radical (unpaired) electrons. The van der Waals surface area contributed by atoms with E-state index in [1.807, 2.05) is 47.8 Å². The third kappa shape index (κ3) is 3.79. The zero-order valence-electron chi connectivity index (χ0n) is 17.1. The highest BCUT2D eigenvalue weighted by Crippen LogP contribution is 2.25. The summed E-state index contributed by atoms with van der Waals surface area (Å²) >= 11 is 0. The van der Waals surface area contributed by atoms with E-state index in [1.54, 1.807) is 11.1 Å². The fourth-order valence-corrected chi connectivity index (χ4v) is 4.30. The van der Waals surface area contributed by atoms with Crippen LogP contribution in [0.3, 0.4) is 0 Å². The van der Waals surface area contributed by atoms with Crippen molar-refractivity contribution >= 4 is 17.7 Å². The number of benzene rings is 1. The average Bonchev–Trinajstić information content (AvgIpc) is 3.30. The van der Waals surface area contributed by atoms with Gasteiger partial charge in [0.05, 0.1) is 30.0 Å². The normalized spacial score (nSPS) is 22.4. The van der Waals surface area contributed by atoms with Gasteiger partial charge in [0, 0.05) is 25.3 Å². The van der Waals surface area contributed by atoms with Gasteiger partial charge in [0.15, 0.2) is 0 Å². The Morgan fingerprint density at radius 1 is 1.24 bits per heavy atom. The van der Waals surface area contributed by atoms with Crippen molar-refractivity contribution in [2.24, 2.45) is 0 Å². The van der Waals surface area contributed by atoms with Crippen LogP contribution < -0.4 is 10.6 Å². The number of aromatic nitrogens is 2. The van der Waals surface area contributed by atoms with Crippen LogP contribution in [0, 0.1) is 0 Å². The summed E-state index contributed by atoms with van der Waals surface area (Å²) in [6.45, 7) is 7.26. The molecule has 8 heteroatoms. The van der Waals surface area contributed by atoms with Crippen LogP contribution in [0.5, 0.6) is 0 Å². The maximum absolute atomic E-state index is 12.8. The molecule has 4 rings (SSSR count). The lowest BCUT2D eigenvalue weighted by Crippen LogP contribution is -2.54.